The molecule has 4 rings (SSSR count). The molecule has 0 aliphatic carbocycles. The molecule has 5 nitrogen and oxygen atoms in total. The van der Waals surface area contributed by atoms with E-state index in [-0.39, 0.29) is 5.78 Å². The van der Waals surface area contributed by atoms with Gasteiger partial charge < -0.3 is 9.47 Å². The van der Waals surface area contributed by atoms with Crippen LogP contribution in [-0.4, -0.2) is 29.0 Å². The molecule has 0 unspecified atom stereocenters. The number of hydrogen-bond donors (Lipinski definition) is 0. The second-order valence-corrected chi connectivity index (χ2v) is 5.85. The Morgan fingerprint density at radius 3 is 2.56 bits per heavy atom. The van der Waals surface area contributed by atoms with Crippen molar-refractivity contribution in [2.45, 2.75) is 0 Å². The highest BCUT2D eigenvalue weighted by molar-refractivity contribution is 6.31. The summed E-state index contributed by atoms with van der Waals surface area (Å²) in [5.74, 6) is 1.23. The number of benzene rings is 1. The van der Waals surface area contributed by atoms with Crippen LogP contribution in [0.4, 0.5) is 0 Å². The third-order valence-corrected chi connectivity index (χ3v) is 4.14. The number of rotatable bonds is 3. The molecule has 0 saturated heterocycles. The van der Waals surface area contributed by atoms with Crippen LogP contribution in [0.15, 0.2) is 48.8 Å². The quantitative estimate of drug-likeness (QED) is 0.406. The molecule has 6 heteroatoms. The summed E-state index contributed by atoms with van der Waals surface area (Å²) in [4.78, 5) is 20.5. The van der Waals surface area contributed by atoms with E-state index in [1.54, 1.807) is 30.6 Å². The normalized spacial score (nSPS) is 13.3. The van der Waals surface area contributed by atoms with Crippen molar-refractivity contribution in [1.82, 2.24) is 9.97 Å². The summed E-state index contributed by atoms with van der Waals surface area (Å²) in [6.45, 7) is 1.04. The summed E-state index contributed by atoms with van der Waals surface area (Å²) in [6, 6.07) is 8.88. The SMILES string of the molecule is O=C(/C=C/c1cc2cc3c(cc2nc1Cl)OCCO3)c1ccncc1. The van der Waals surface area contributed by atoms with Gasteiger partial charge in [0.15, 0.2) is 17.3 Å². The van der Waals surface area contributed by atoms with Gasteiger partial charge in [0.25, 0.3) is 0 Å². The fourth-order valence-corrected chi connectivity index (χ4v) is 2.81. The lowest BCUT2D eigenvalue weighted by atomic mass is 10.1. The molecule has 1 aliphatic rings. The van der Waals surface area contributed by atoms with Gasteiger partial charge in [0.1, 0.15) is 18.4 Å². The molecule has 0 spiro atoms. The fraction of sp³-hybridized carbons (Fsp3) is 0.105. The molecule has 0 bridgehead atoms. The molecular weight excluding hydrogens is 340 g/mol. The largest absolute Gasteiger partial charge is 0.486 e. The number of carbonyl (C=O) groups is 1. The maximum absolute atomic E-state index is 12.2. The van der Waals surface area contributed by atoms with Gasteiger partial charge in [-0.1, -0.05) is 11.6 Å². The Bertz CT molecular complexity index is 987. The van der Waals surface area contributed by atoms with E-state index in [0.29, 0.717) is 46.5 Å². The zero-order chi connectivity index (χ0) is 17.2. The average molecular weight is 353 g/mol. The van der Waals surface area contributed by atoms with Gasteiger partial charge >= 0.3 is 0 Å². The molecule has 0 radical (unpaired) electrons. The van der Waals surface area contributed by atoms with Crippen LogP contribution in [-0.2, 0) is 0 Å². The molecule has 3 aromatic rings. The lowest BCUT2D eigenvalue weighted by Crippen LogP contribution is -2.15. The molecule has 2 aromatic heterocycles. The second kappa shape index (κ2) is 6.53. The van der Waals surface area contributed by atoms with Gasteiger partial charge in [-0.25, -0.2) is 4.98 Å². The Kier molecular flexibility index (Phi) is 4.07. The first kappa shape index (κ1) is 15.6. The topological polar surface area (TPSA) is 61.3 Å². The second-order valence-electron chi connectivity index (χ2n) is 5.49. The van der Waals surface area contributed by atoms with Gasteiger partial charge in [-0.05, 0) is 36.4 Å². The molecule has 1 aromatic carbocycles. The summed E-state index contributed by atoms with van der Waals surface area (Å²) in [5, 5.41) is 1.19. The van der Waals surface area contributed by atoms with Gasteiger partial charge in [0.2, 0.25) is 0 Å². The summed E-state index contributed by atoms with van der Waals surface area (Å²) in [7, 11) is 0. The molecule has 3 heterocycles. The van der Waals surface area contributed by atoms with E-state index in [4.69, 9.17) is 21.1 Å². The number of fused-ring (bicyclic) bond motifs is 2. The lowest BCUT2D eigenvalue weighted by Gasteiger charge is -2.18. The predicted octanol–water partition coefficient (Wildman–Crippen LogP) is 3.95. The number of pyridine rings is 2. The molecule has 0 N–H and O–H groups in total. The number of allylic oxidation sites excluding steroid dienone is 1. The Balaban J connectivity index is 1.68. The van der Waals surface area contributed by atoms with Gasteiger partial charge in [0.05, 0.1) is 5.52 Å². The molecule has 0 fully saturated rings. The predicted molar refractivity (Wildman–Crippen MR) is 95.3 cm³/mol. The molecule has 0 atom stereocenters. The summed E-state index contributed by atoms with van der Waals surface area (Å²) in [6.07, 6.45) is 6.30. The van der Waals surface area contributed by atoms with Crippen LogP contribution in [0.2, 0.25) is 5.15 Å². The number of nitrogens with zero attached hydrogens (tertiary/aromatic N) is 2. The van der Waals surface area contributed by atoms with Crippen LogP contribution in [0.5, 0.6) is 11.5 Å². The standard InChI is InChI=1S/C19H13ClN2O3/c20-19-13(1-2-16(23)12-3-5-21-6-4-12)9-14-10-17-18(11-15(14)22-19)25-8-7-24-17/h1-6,9-11H,7-8H2/b2-1+. The average Bonchev–Trinajstić information content (AvgIpc) is 2.65. The highest BCUT2D eigenvalue weighted by atomic mass is 35.5. The van der Waals surface area contributed by atoms with E-state index in [1.165, 1.54) is 6.08 Å². The van der Waals surface area contributed by atoms with Crippen LogP contribution in [0.3, 0.4) is 0 Å². The fourth-order valence-electron chi connectivity index (χ4n) is 2.60. The summed E-state index contributed by atoms with van der Waals surface area (Å²) >= 11 is 6.26. The van der Waals surface area contributed by atoms with Crippen molar-refractivity contribution in [1.29, 1.82) is 0 Å². The van der Waals surface area contributed by atoms with Crippen molar-refractivity contribution < 1.29 is 14.3 Å². The first-order valence-electron chi connectivity index (χ1n) is 7.73. The molecular formula is C19H13ClN2O3. The summed E-state index contributed by atoms with van der Waals surface area (Å²) in [5.41, 5.74) is 1.94. The van der Waals surface area contributed by atoms with E-state index in [0.717, 1.165) is 5.39 Å². The van der Waals surface area contributed by atoms with E-state index in [2.05, 4.69) is 9.97 Å². The summed E-state index contributed by atoms with van der Waals surface area (Å²) < 4.78 is 11.2. The van der Waals surface area contributed by atoms with Crippen molar-refractivity contribution in [3.63, 3.8) is 0 Å². The van der Waals surface area contributed by atoms with Crippen LogP contribution in [0.25, 0.3) is 17.0 Å². The minimum absolute atomic E-state index is 0.124. The number of halogens is 1. The van der Waals surface area contributed by atoms with Gasteiger partial charge in [-0.3, -0.25) is 9.78 Å². The number of ether oxygens (including phenoxy) is 2. The van der Waals surface area contributed by atoms with E-state index >= 15 is 0 Å². The third-order valence-electron chi connectivity index (χ3n) is 3.84. The molecule has 0 saturated carbocycles. The molecule has 0 amide bonds. The molecule has 1 aliphatic heterocycles. The van der Waals surface area contributed by atoms with E-state index in [9.17, 15) is 4.79 Å². The van der Waals surface area contributed by atoms with Gasteiger partial charge in [-0.2, -0.15) is 0 Å². The minimum atomic E-state index is -0.124. The maximum atomic E-state index is 12.2. The van der Waals surface area contributed by atoms with Crippen LogP contribution in [0.1, 0.15) is 15.9 Å². The monoisotopic (exact) mass is 352 g/mol. The van der Waals surface area contributed by atoms with Crippen LogP contribution < -0.4 is 9.47 Å². The van der Waals surface area contributed by atoms with Crippen molar-refractivity contribution >= 4 is 34.4 Å². The number of aromatic nitrogens is 2. The zero-order valence-corrected chi connectivity index (χ0v) is 13.9. The van der Waals surface area contributed by atoms with Crippen LogP contribution >= 0.6 is 11.6 Å². The minimum Gasteiger partial charge on any atom is -0.486 e. The highest BCUT2D eigenvalue weighted by Crippen LogP contribution is 2.35. The maximum Gasteiger partial charge on any atom is 0.185 e. The van der Waals surface area contributed by atoms with E-state index < -0.39 is 0 Å². The van der Waals surface area contributed by atoms with E-state index in [1.807, 2.05) is 18.2 Å². The Labute approximate surface area is 148 Å². The molecule has 25 heavy (non-hydrogen) atoms. The number of hydrogen-bond acceptors (Lipinski definition) is 5. The lowest BCUT2D eigenvalue weighted by molar-refractivity contribution is 0.104. The first-order chi connectivity index (χ1) is 12.2. The molecule has 124 valence electrons. The Morgan fingerprint density at radius 1 is 1.08 bits per heavy atom. The van der Waals surface area contributed by atoms with Crippen LogP contribution in [0, 0.1) is 0 Å². The Hall–Kier alpha value is -2.92. The van der Waals surface area contributed by atoms with Crippen molar-refractivity contribution in [3.05, 3.63) is 65.1 Å². The van der Waals surface area contributed by atoms with Crippen molar-refractivity contribution in [2.75, 3.05) is 13.2 Å². The Morgan fingerprint density at radius 2 is 1.80 bits per heavy atom. The third kappa shape index (κ3) is 3.19. The van der Waals surface area contributed by atoms with Gasteiger partial charge in [-0.15, -0.1) is 0 Å². The van der Waals surface area contributed by atoms with Crippen molar-refractivity contribution in [2.24, 2.45) is 0 Å². The van der Waals surface area contributed by atoms with Gasteiger partial charge in [0, 0.05) is 35.0 Å². The first-order valence-corrected chi connectivity index (χ1v) is 8.11. The zero-order valence-electron chi connectivity index (χ0n) is 13.1. The number of carbonyl (C=O) groups excluding carboxylic acids is 1. The smallest absolute Gasteiger partial charge is 0.185 e. The highest BCUT2D eigenvalue weighted by Gasteiger charge is 2.14. The van der Waals surface area contributed by atoms with Crippen molar-refractivity contribution in [3.8, 4) is 11.5 Å². The number of ketones is 1.